The summed E-state index contributed by atoms with van der Waals surface area (Å²) in [5.41, 5.74) is 6.73. The highest BCUT2D eigenvalue weighted by molar-refractivity contribution is 9.10. The average molecular weight is 322 g/mol. The van der Waals surface area contributed by atoms with E-state index in [4.69, 9.17) is 15.7 Å². The van der Waals surface area contributed by atoms with Crippen LogP contribution in [-0.2, 0) is 6.61 Å². The molecule has 6 heteroatoms. The molecule has 0 saturated heterocycles. The van der Waals surface area contributed by atoms with E-state index in [1.165, 1.54) is 0 Å². The minimum atomic E-state index is -0.0338. The van der Waals surface area contributed by atoms with Gasteiger partial charge in [-0.2, -0.15) is 0 Å². The molecule has 1 heterocycles. The Morgan fingerprint density at radius 3 is 2.95 bits per heavy atom. The van der Waals surface area contributed by atoms with Crippen LogP contribution < -0.4 is 10.5 Å². The van der Waals surface area contributed by atoms with Crippen molar-refractivity contribution in [1.82, 2.24) is 4.98 Å². The first-order chi connectivity index (χ1) is 9.20. The molecule has 2 aromatic rings. The van der Waals surface area contributed by atoms with Crippen molar-refractivity contribution < 1.29 is 9.94 Å². The largest absolute Gasteiger partial charge is 0.489 e. The number of ether oxygens (including phenoxy) is 1. The molecule has 0 saturated carbocycles. The van der Waals surface area contributed by atoms with Crippen molar-refractivity contribution >= 4 is 21.8 Å². The van der Waals surface area contributed by atoms with E-state index in [1.807, 2.05) is 30.3 Å². The Morgan fingerprint density at radius 2 is 2.21 bits per heavy atom. The fourth-order valence-electron chi connectivity index (χ4n) is 1.55. The second-order valence-electron chi connectivity index (χ2n) is 3.74. The molecule has 5 nitrogen and oxygen atoms in total. The van der Waals surface area contributed by atoms with Gasteiger partial charge in [-0.15, -0.1) is 0 Å². The van der Waals surface area contributed by atoms with Gasteiger partial charge in [0.2, 0.25) is 0 Å². The molecule has 0 unspecified atom stereocenters. The summed E-state index contributed by atoms with van der Waals surface area (Å²) in [5.74, 6) is 0.692. The fraction of sp³-hybridized carbons (Fsp3) is 0.0769. The zero-order valence-electron chi connectivity index (χ0n) is 9.95. The van der Waals surface area contributed by atoms with E-state index < -0.39 is 0 Å². The van der Waals surface area contributed by atoms with Crippen LogP contribution in [0.25, 0.3) is 0 Å². The van der Waals surface area contributed by atoms with E-state index in [-0.39, 0.29) is 12.4 Å². The molecule has 0 aliphatic rings. The van der Waals surface area contributed by atoms with Crippen LogP contribution in [0, 0.1) is 0 Å². The van der Waals surface area contributed by atoms with E-state index in [0.717, 1.165) is 15.8 Å². The number of rotatable bonds is 4. The van der Waals surface area contributed by atoms with Gasteiger partial charge < -0.3 is 15.7 Å². The van der Waals surface area contributed by atoms with Crippen LogP contribution in [-0.4, -0.2) is 16.0 Å². The standard InChI is InChI=1S/C13H12BrN3O2/c14-10-4-1-5-11(7-10)19-8-9-3-2-6-16-12(9)13(15)17-18/h1-7,18H,8H2,(H2,15,17). The molecule has 19 heavy (non-hydrogen) atoms. The van der Waals surface area contributed by atoms with E-state index >= 15 is 0 Å². The normalized spacial score (nSPS) is 11.3. The third kappa shape index (κ3) is 3.45. The van der Waals surface area contributed by atoms with E-state index in [0.29, 0.717) is 5.69 Å². The summed E-state index contributed by atoms with van der Waals surface area (Å²) >= 11 is 3.37. The molecular formula is C13H12BrN3O2. The number of halogens is 1. The van der Waals surface area contributed by atoms with Gasteiger partial charge in [0.05, 0.1) is 0 Å². The Kier molecular flexibility index (Phi) is 4.35. The van der Waals surface area contributed by atoms with Gasteiger partial charge >= 0.3 is 0 Å². The summed E-state index contributed by atoms with van der Waals surface area (Å²) < 4.78 is 6.58. The van der Waals surface area contributed by atoms with Crippen LogP contribution in [0.1, 0.15) is 11.3 Å². The van der Waals surface area contributed by atoms with Crippen molar-refractivity contribution in [2.45, 2.75) is 6.61 Å². The predicted octanol–water partition coefficient (Wildman–Crippen LogP) is 2.52. The summed E-state index contributed by atoms with van der Waals surface area (Å²) in [5, 5.41) is 11.7. The van der Waals surface area contributed by atoms with Crippen LogP contribution >= 0.6 is 15.9 Å². The van der Waals surface area contributed by atoms with Crippen molar-refractivity contribution in [3.05, 3.63) is 58.3 Å². The van der Waals surface area contributed by atoms with Gasteiger partial charge in [-0.3, -0.25) is 4.98 Å². The molecule has 3 N–H and O–H groups in total. The molecule has 0 spiro atoms. The molecule has 98 valence electrons. The Balaban J connectivity index is 2.16. The molecule has 1 aromatic heterocycles. The second kappa shape index (κ2) is 6.19. The highest BCUT2D eigenvalue weighted by atomic mass is 79.9. The monoisotopic (exact) mass is 321 g/mol. The molecule has 2 rings (SSSR count). The Bertz CT molecular complexity index is 602. The minimum Gasteiger partial charge on any atom is -0.489 e. The number of benzene rings is 1. The summed E-state index contributed by atoms with van der Waals surface area (Å²) in [6, 6.07) is 11.1. The topological polar surface area (TPSA) is 80.7 Å². The van der Waals surface area contributed by atoms with Gasteiger partial charge in [0, 0.05) is 16.2 Å². The second-order valence-corrected chi connectivity index (χ2v) is 4.66. The Hall–Kier alpha value is -2.08. The Morgan fingerprint density at radius 1 is 1.37 bits per heavy atom. The number of hydrogen-bond donors (Lipinski definition) is 2. The number of amidine groups is 1. The number of oxime groups is 1. The number of pyridine rings is 1. The highest BCUT2D eigenvalue weighted by Crippen LogP contribution is 2.19. The van der Waals surface area contributed by atoms with Crippen LogP contribution in [0.3, 0.4) is 0 Å². The molecule has 0 amide bonds. The van der Waals surface area contributed by atoms with Crippen LogP contribution in [0.15, 0.2) is 52.2 Å². The predicted molar refractivity (Wildman–Crippen MR) is 75.2 cm³/mol. The van der Waals surface area contributed by atoms with E-state index in [1.54, 1.807) is 12.3 Å². The van der Waals surface area contributed by atoms with Crippen molar-refractivity contribution in [1.29, 1.82) is 0 Å². The molecule has 0 atom stereocenters. The van der Waals surface area contributed by atoms with Gasteiger partial charge in [0.1, 0.15) is 18.1 Å². The third-order valence-electron chi connectivity index (χ3n) is 2.43. The lowest BCUT2D eigenvalue weighted by molar-refractivity contribution is 0.304. The Labute approximate surface area is 118 Å². The third-order valence-corrected chi connectivity index (χ3v) is 2.93. The van der Waals surface area contributed by atoms with E-state index in [9.17, 15) is 0 Å². The number of nitrogens with zero attached hydrogens (tertiary/aromatic N) is 2. The lowest BCUT2D eigenvalue weighted by atomic mass is 10.2. The van der Waals surface area contributed by atoms with Gasteiger partial charge in [-0.1, -0.05) is 33.2 Å². The van der Waals surface area contributed by atoms with Crippen molar-refractivity contribution in [2.75, 3.05) is 0 Å². The summed E-state index contributed by atoms with van der Waals surface area (Å²) in [4.78, 5) is 4.07. The molecule has 0 aliphatic heterocycles. The number of nitrogens with two attached hydrogens (primary N) is 1. The quantitative estimate of drug-likeness (QED) is 0.392. The van der Waals surface area contributed by atoms with Gasteiger partial charge in [0.25, 0.3) is 0 Å². The maximum Gasteiger partial charge on any atom is 0.189 e. The molecule has 0 fully saturated rings. The zero-order valence-corrected chi connectivity index (χ0v) is 11.5. The number of hydrogen-bond acceptors (Lipinski definition) is 4. The van der Waals surface area contributed by atoms with Crippen LogP contribution in [0.2, 0.25) is 0 Å². The molecular weight excluding hydrogens is 310 g/mol. The lowest BCUT2D eigenvalue weighted by Gasteiger charge is -2.09. The van der Waals surface area contributed by atoms with Crippen molar-refractivity contribution in [3.8, 4) is 5.75 Å². The van der Waals surface area contributed by atoms with Crippen molar-refractivity contribution in [3.63, 3.8) is 0 Å². The van der Waals surface area contributed by atoms with Crippen molar-refractivity contribution in [2.24, 2.45) is 10.9 Å². The molecule has 0 radical (unpaired) electrons. The first kappa shape index (κ1) is 13.4. The average Bonchev–Trinajstić information content (AvgIpc) is 2.45. The summed E-state index contributed by atoms with van der Waals surface area (Å²) in [6.07, 6.45) is 1.58. The van der Waals surface area contributed by atoms with Gasteiger partial charge in [-0.05, 0) is 24.3 Å². The first-order valence-electron chi connectivity index (χ1n) is 5.51. The maximum absolute atomic E-state index is 8.71. The molecule has 0 bridgehead atoms. The van der Waals surface area contributed by atoms with Gasteiger partial charge in [0.15, 0.2) is 5.84 Å². The molecule has 1 aromatic carbocycles. The fourth-order valence-corrected chi connectivity index (χ4v) is 1.93. The first-order valence-corrected chi connectivity index (χ1v) is 6.30. The van der Waals surface area contributed by atoms with Gasteiger partial charge in [-0.25, -0.2) is 0 Å². The number of aromatic nitrogens is 1. The maximum atomic E-state index is 8.71. The highest BCUT2D eigenvalue weighted by Gasteiger charge is 2.08. The zero-order chi connectivity index (χ0) is 13.7. The van der Waals surface area contributed by atoms with Crippen LogP contribution in [0.5, 0.6) is 5.75 Å². The lowest BCUT2D eigenvalue weighted by Crippen LogP contribution is -2.18. The van der Waals surface area contributed by atoms with Crippen LogP contribution in [0.4, 0.5) is 0 Å². The molecule has 0 aliphatic carbocycles. The SMILES string of the molecule is NC(=NO)c1ncccc1COc1cccc(Br)c1. The summed E-state index contributed by atoms with van der Waals surface area (Å²) in [6.45, 7) is 0.288. The smallest absolute Gasteiger partial charge is 0.189 e. The van der Waals surface area contributed by atoms with E-state index in [2.05, 4.69) is 26.1 Å². The summed E-state index contributed by atoms with van der Waals surface area (Å²) in [7, 11) is 0. The minimum absolute atomic E-state index is 0.0338.